The first-order valence-corrected chi connectivity index (χ1v) is 6.82. The molecule has 0 saturated heterocycles. The van der Waals surface area contributed by atoms with E-state index >= 15 is 0 Å². The third kappa shape index (κ3) is 5.54. The molecule has 5 heteroatoms. The summed E-state index contributed by atoms with van der Waals surface area (Å²) in [6.07, 6.45) is 0.336. The lowest BCUT2D eigenvalue weighted by Crippen LogP contribution is -2.30. The summed E-state index contributed by atoms with van der Waals surface area (Å²) >= 11 is 0. The maximum atomic E-state index is 14.0. The monoisotopic (exact) mass is 293 g/mol. The normalized spacial score (nSPS) is 9.90. The van der Waals surface area contributed by atoms with Gasteiger partial charge in [0.05, 0.1) is 18.8 Å². The fourth-order valence-electron chi connectivity index (χ4n) is 1.64. The van der Waals surface area contributed by atoms with E-state index in [1.165, 1.54) is 17.0 Å². The maximum Gasteiger partial charge on any atom is 0.256 e. The molecule has 0 aromatic heterocycles. The van der Waals surface area contributed by atoms with E-state index in [1.807, 2.05) is 6.92 Å². The Morgan fingerprint density at radius 1 is 1.48 bits per heavy atom. The van der Waals surface area contributed by atoms with Crippen LogP contribution in [0.2, 0.25) is 0 Å². The maximum absolute atomic E-state index is 14.0. The minimum atomic E-state index is -0.598. The highest BCUT2D eigenvalue weighted by molar-refractivity contribution is 5.94. The van der Waals surface area contributed by atoms with Gasteiger partial charge in [-0.3, -0.25) is 4.79 Å². The zero-order valence-electron chi connectivity index (χ0n) is 12.4. The summed E-state index contributed by atoms with van der Waals surface area (Å²) in [5.74, 6) is 4.45. The Bertz CT molecular complexity index is 534. The first-order chi connectivity index (χ1) is 10.1. The van der Waals surface area contributed by atoms with Crippen molar-refractivity contribution in [1.29, 1.82) is 0 Å². The van der Waals surface area contributed by atoms with Crippen LogP contribution in [-0.2, 0) is 4.74 Å². The molecule has 0 aliphatic carbocycles. The first-order valence-electron chi connectivity index (χ1n) is 6.82. The van der Waals surface area contributed by atoms with Crippen LogP contribution < -0.4 is 0 Å². The third-order valence-electron chi connectivity index (χ3n) is 2.79. The van der Waals surface area contributed by atoms with Crippen LogP contribution >= 0.6 is 0 Å². The predicted octanol–water partition coefficient (Wildman–Crippen LogP) is 1.67. The molecule has 0 radical (unpaired) electrons. The van der Waals surface area contributed by atoms with Gasteiger partial charge in [-0.1, -0.05) is 11.8 Å². The number of aliphatic hydroxyl groups excluding tert-OH is 1. The van der Waals surface area contributed by atoms with Gasteiger partial charge in [0.15, 0.2) is 0 Å². The van der Waals surface area contributed by atoms with Crippen molar-refractivity contribution >= 4 is 5.91 Å². The summed E-state index contributed by atoms with van der Waals surface area (Å²) < 4.78 is 19.1. The minimum absolute atomic E-state index is 0.0155. The second-order valence-corrected chi connectivity index (χ2v) is 4.39. The van der Waals surface area contributed by atoms with Gasteiger partial charge < -0.3 is 14.7 Å². The molecule has 114 valence electrons. The Hall–Kier alpha value is -1.90. The standard InChI is InChI=1S/C16H20FNO3/c1-3-21-11-9-18(2)16(20)14-8-7-13(12-15(14)17)6-4-5-10-19/h7-8,12,19H,3,5,9-11H2,1-2H3. The van der Waals surface area contributed by atoms with Gasteiger partial charge in [-0.25, -0.2) is 4.39 Å². The van der Waals surface area contributed by atoms with Crippen molar-refractivity contribution in [3.05, 3.63) is 35.1 Å². The Morgan fingerprint density at radius 2 is 2.24 bits per heavy atom. The molecule has 1 amide bonds. The zero-order chi connectivity index (χ0) is 15.7. The highest BCUT2D eigenvalue weighted by Crippen LogP contribution is 2.12. The van der Waals surface area contributed by atoms with Gasteiger partial charge in [0.25, 0.3) is 5.91 Å². The predicted molar refractivity (Wildman–Crippen MR) is 78.4 cm³/mol. The van der Waals surface area contributed by atoms with Crippen molar-refractivity contribution in [2.45, 2.75) is 13.3 Å². The molecule has 0 fully saturated rings. The average Bonchev–Trinajstić information content (AvgIpc) is 2.47. The molecule has 0 unspecified atom stereocenters. The Labute approximate surface area is 124 Å². The number of hydrogen-bond donors (Lipinski definition) is 1. The fraction of sp³-hybridized carbons (Fsp3) is 0.438. The molecule has 21 heavy (non-hydrogen) atoms. The summed E-state index contributed by atoms with van der Waals surface area (Å²) in [4.78, 5) is 13.5. The molecule has 1 N–H and O–H groups in total. The van der Waals surface area contributed by atoms with E-state index in [4.69, 9.17) is 9.84 Å². The van der Waals surface area contributed by atoms with Crippen LogP contribution in [0, 0.1) is 17.7 Å². The van der Waals surface area contributed by atoms with Crippen LogP contribution in [-0.4, -0.2) is 49.3 Å². The minimum Gasteiger partial charge on any atom is -0.395 e. The molecule has 4 nitrogen and oxygen atoms in total. The molecule has 1 aromatic rings. The average molecular weight is 293 g/mol. The number of hydrogen-bond acceptors (Lipinski definition) is 3. The van der Waals surface area contributed by atoms with E-state index in [9.17, 15) is 9.18 Å². The van der Waals surface area contributed by atoms with Crippen molar-refractivity contribution in [2.75, 3.05) is 33.4 Å². The third-order valence-corrected chi connectivity index (χ3v) is 2.79. The molecule has 0 atom stereocenters. The van der Waals surface area contributed by atoms with Crippen LogP contribution in [0.25, 0.3) is 0 Å². The molecule has 0 saturated carbocycles. The first kappa shape index (κ1) is 17.2. The lowest BCUT2D eigenvalue weighted by atomic mass is 10.1. The van der Waals surface area contributed by atoms with Gasteiger partial charge in [0.1, 0.15) is 5.82 Å². The van der Waals surface area contributed by atoms with E-state index in [0.717, 1.165) is 0 Å². The zero-order valence-corrected chi connectivity index (χ0v) is 12.4. The number of rotatable bonds is 6. The number of carbonyl (C=O) groups excluding carboxylic acids is 1. The van der Waals surface area contributed by atoms with Crippen molar-refractivity contribution in [1.82, 2.24) is 4.90 Å². The molecule has 0 aliphatic heterocycles. The molecular formula is C16H20FNO3. The Balaban J connectivity index is 2.75. The number of likely N-dealkylation sites (N-methyl/N-ethyl adjacent to an activating group) is 1. The number of aliphatic hydroxyl groups is 1. The summed E-state index contributed by atoms with van der Waals surface area (Å²) in [7, 11) is 1.61. The molecule has 1 rings (SSSR count). The van der Waals surface area contributed by atoms with E-state index < -0.39 is 5.82 Å². The van der Waals surface area contributed by atoms with Crippen LogP contribution in [0.5, 0.6) is 0 Å². The lowest BCUT2D eigenvalue weighted by Gasteiger charge is -2.17. The smallest absolute Gasteiger partial charge is 0.256 e. The molecule has 0 aliphatic rings. The van der Waals surface area contributed by atoms with Crippen molar-refractivity contribution in [2.24, 2.45) is 0 Å². The number of nitrogens with zero attached hydrogens (tertiary/aromatic N) is 1. The largest absolute Gasteiger partial charge is 0.395 e. The quantitative estimate of drug-likeness (QED) is 0.641. The molecular weight excluding hydrogens is 273 g/mol. The fourth-order valence-corrected chi connectivity index (χ4v) is 1.64. The van der Waals surface area contributed by atoms with Crippen LogP contribution in [0.1, 0.15) is 29.3 Å². The lowest BCUT2D eigenvalue weighted by molar-refractivity contribution is 0.0705. The number of halogens is 1. The van der Waals surface area contributed by atoms with Crippen molar-refractivity contribution in [3.63, 3.8) is 0 Å². The van der Waals surface area contributed by atoms with Crippen molar-refractivity contribution in [3.8, 4) is 11.8 Å². The van der Waals surface area contributed by atoms with Gasteiger partial charge in [0.2, 0.25) is 0 Å². The Kier molecular flexibility index (Phi) is 7.44. The van der Waals surface area contributed by atoms with Crippen molar-refractivity contribution < 1.29 is 19.0 Å². The van der Waals surface area contributed by atoms with Crippen LogP contribution in [0.15, 0.2) is 18.2 Å². The van der Waals surface area contributed by atoms with Gasteiger partial charge in [-0.15, -0.1) is 0 Å². The van der Waals surface area contributed by atoms with Gasteiger partial charge in [0, 0.05) is 32.2 Å². The SMILES string of the molecule is CCOCCN(C)C(=O)c1ccc(C#CCCO)cc1F. The molecule has 0 bridgehead atoms. The number of ether oxygens (including phenoxy) is 1. The van der Waals surface area contributed by atoms with E-state index in [2.05, 4.69) is 11.8 Å². The highest BCUT2D eigenvalue weighted by atomic mass is 19.1. The topological polar surface area (TPSA) is 49.8 Å². The highest BCUT2D eigenvalue weighted by Gasteiger charge is 2.16. The molecule has 1 aromatic carbocycles. The van der Waals surface area contributed by atoms with Crippen LogP contribution in [0.4, 0.5) is 4.39 Å². The summed E-state index contributed by atoms with van der Waals surface area (Å²) in [5.41, 5.74) is 0.496. The summed E-state index contributed by atoms with van der Waals surface area (Å²) in [5, 5.41) is 8.63. The number of benzene rings is 1. The number of amides is 1. The molecule has 0 heterocycles. The van der Waals surface area contributed by atoms with Crippen LogP contribution in [0.3, 0.4) is 0 Å². The number of carbonyl (C=O) groups is 1. The van der Waals surface area contributed by atoms with E-state index in [-0.39, 0.29) is 18.1 Å². The Morgan fingerprint density at radius 3 is 2.86 bits per heavy atom. The second-order valence-electron chi connectivity index (χ2n) is 4.39. The van der Waals surface area contributed by atoms with E-state index in [1.54, 1.807) is 13.1 Å². The summed E-state index contributed by atoms with van der Waals surface area (Å²) in [6, 6.07) is 4.25. The van der Waals surface area contributed by atoms with E-state index in [0.29, 0.717) is 31.7 Å². The second kappa shape index (κ2) is 9.11. The van der Waals surface area contributed by atoms with Gasteiger partial charge in [-0.2, -0.15) is 0 Å². The van der Waals surface area contributed by atoms with Gasteiger partial charge >= 0.3 is 0 Å². The summed E-state index contributed by atoms with van der Waals surface area (Å²) in [6.45, 7) is 3.25. The molecule has 0 spiro atoms. The van der Waals surface area contributed by atoms with Gasteiger partial charge in [-0.05, 0) is 25.1 Å².